The highest BCUT2D eigenvalue weighted by molar-refractivity contribution is 5.71. The number of benzene rings is 2. The van der Waals surface area contributed by atoms with Crippen LogP contribution >= 0.6 is 0 Å². The molecule has 0 bridgehead atoms. The average molecular weight is 277 g/mol. The number of rotatable bonds is 3. The van der Waals surface area contributed by atoms with E-state index in [0.717, 1.165) is 11.3 Å². The Balaban J connectivity index is 2.25. The zero-order valence-corrected chi connectivity index (χ0v) is 11.2. The zero-order valence-electron chi connectivity index (χ0n) is 11.2. The number of hydrogen-bond donors (Lipinski definition) is 0. The van der Waals surface area contributed by atoms with Crippen LogP contribution < -0.4 is 4.90 Å². The van der Waals surface area contributed by atoms with Gasteiger partial charge in [-0.2, -0.15) is 0 Å². The largest absolute Gasteiger partial charge is 0.378 e. The molecule has 0 aliphatic heterocycles. The van der Waals surface area contributed by atoms with Gasteiger partial charge in [-0.1, -0.05) is 18.2 Å². The number of halogens is 3. The van der Waals surface area contributed by atoms with Gasteiger partial charge < -0.3 is 4.90 Å². The SMILES string of the molecule is CN(C)c1ccc(/C=C/c2c(F)cc(F)cc2F)cc1. The van der Waals surface area contributed by atoms with Crippen molar-refractivity contribution in [3.63, 3.8) is 0 Å². The minimum Gasteiger partial charge on any atom is -0.378 e. The van der Waals surface area contributed by atoms with Gasteiger partial charge in [0.2, 0.25) is 0 Å². The van der Waals surface area contributed by atoms with Gasteiger partial charge in [0, 0.05) is 37.5 Å². The first-order valence-corrected chi connectivity index (χ1v) is 6.07. The van der Waals surface area contributed by atoms with Crippen LogP contribution in [-0.4, -0.2) is 14.1 Å². The lowest BCUT2D eigenvalue weighted by atomic mass is 10.1. The normalized spacial score (nSPS) is 11.1. The van der Waals surface area contributed by atoms with Crippen LogP contribution in [-0.2, 0) is 0 Å². The van der Waals surface area contributed by atoms with Crippen molar-refractivity contribution < 1.29 is 13.2 Å². The van der Waals surface area contributed by atoms with Gasteiger partial charge in [-0.25, -0.2) is 13.2 Å². The molecule has 2 aromatic rings. The fourth-order valence-corrected chi connectivity index (χ4v) is 1.78. The Morgan fingerprint density at radius 2 is 1.40 bits per heavy atom. The van der Waals surface area contributed by atoms with E-state index >= 15 is 0 Å². The fourth-order valence-electron chi connectivity index (χ4n) is 1.78. The third-order valence-corrected chi connectivity index (χ3v) is 2.90. The summed E-state index contributed by atoms with van der Waals surface area (Å²) in [5, 5.41) is 0. The van der Waals surface area contributed by atoms with Gasteiger partial charge in [0.05, 0.1) is 0 Å². The first-order chi connectivity index (χ1) is 9.47. The van der Waals surface area contributed by atoms with E-state index in [0.29, 0.717) is 12.1 Å². The Bertz CT molecular complexity index is 608. The van der Waals surface area contributed by atoms with E-state index in [1.54, 1.807) is 6.08 Å². The first-order valence-electron chi connectivity index (χ1n) is 6.07. The molecule has 0 aromatic heterocycles. The summed E-state index contributed by atoms with van der Waals surface area (Å²) in [4.78, 5) is 1.95. The highest BCUT2D eigenvalue weighted by Crippen LogP contribution is 2.19. The van der Waals surface area contributed by atoms with Crippen molar-refractivity contribution in [1.82, 2.24) is 0 Å². The predicted octanol–water partition coefficient (Wildman–Crippen LogP) is 4.34. The number of hydrogen-bond acceptors (Lipinski definition) is 1. The molecule has 0 heterocycles. The molecule has 2 aromatic carbocycles. The second-order valence-corrected chi connectivity index (χ2v) is 4.60. The van der Waals surface area contributed by atoms with Crippen LogP contribution in [0.3, 0.4) is 0 Å². The fraction of sp³-hybridized carbons (Fsp3) is 0.125. The topological polar surface area (TPSA) is 3.24 Å². The van der Waals surface area contributed by atoms with Gasteiger partial charge in [-0.3, -0.25) is 0 Å². The molecule has 104 valence electrons. The van der Waals surface area contributed by atoms with Crippen molar-refractivity contribution in [3.05, 3.63) is 65.0 Å². The van der Waals surface area contributed by atoms with Gasteiger partial charge in [0.25, 0.3) is 0 Å². The second-order valence-electron chi connectivity index (χ2n) is 4.60. The Morgan fingerprint density at radius 3 is 1.90 bits per heavy atom. The van der Waals surface area contributed by atoms with Crippen molar-refractivity contribution in [2.24, 2.45) is 0 Å². The monoisotopic (exact) mass is 277 g/mol. The zero-order chi connectivity index (χ0) is 14.7. The van der Waals surface area contributed by atoms with Crippen molar-refractivity contribution in [2.45, 2.75) is 0 Å². The summed E-state index contributed by atoms with van der Waals surface area (Å²) in [5.74, 6) is -2.75. The second kappa shape index (κ2) is 5.82. The van der Waals surface area contributed by atoms with E-state index in [-0.39, 0.29) is 5.56 Å². The van der Waals surface area contributed by atoms with E-state index in [1.807, 2.05) is 43.3 Å². The van der Waals surface area contributed by atoms with Crippen LogP contribution in [0.1, 0.15) is 11.1 Å². The summed E-state index contributed by atoms with van der Waals surface area (Å²) in [5.41, 5.74) is 1.59. The molecule has 0 amide bonds. The minimum atomic E-state index is -0.924. The summed E-state index contributed by atoms with van der Waals surface area (Å²) >= 11 is 0. The first kappa shape index (κ1) is 14.2. The van der Waals surface area contributed by atoms with E-state index in [4.69, 9.17) is 0 Å². The van der Waals surface area contributed by atoms with E-state index in [9.17, 15) is 13.2 Å². The van der Waals surface area contributed by atoms with Crippen molar-refractivity contribution >= 4 is 17.8 Å². The van der Waals surface area contributed by atoms with Gasteiger partial charge in [0.1, 0.15) is 17.5 Å². The number of nitrogens with zero attached hydrogens (tertiary/aromatic N) is 1. The predicted molar refractivity (Wildman–Crippen MR) is 76.0 cm³/mol. The molecule has 0 saturated heterocycles. The van der Waals surface area contributed by atoms with Crippen LogP contribution in [0.25, 0.3) is 12.2 Å². The molecule has 1 nitrogen and oxygen atoms in total. The third-order valence-electron chi connectivity index (χ3n) is 2.90. The molecule has 0 aliphatic rings. The Morgan fingerprint density at radius 1 is 0.850 bits per heavy atom. The molecule has 0 fully saturated rings. The molecule has 0 unspecified atom stereocenters. The van der Waals surface area contributed by atoms with Gasteiger partial charge in [-0.05, 0) is 23.8 Å². The molecule has 2 rings (SSSR count). The maximum atomic E-state index is 13.4. The van der Waals surface area contributed by atoms with E-state index < -0.39 is 17.5 Å². The van der Waals surface area contributed by atoms with Gasteiger partial charge in [0.15, 0.2) is 0 Å². The Kier molecular flexibility index (Phi) is 4.13. The lowest BCUT2D eigenvalue weighted by Gasteiger charge is -2.11. The molecule has 20 heavy (non-hydrogen) atoms. The average Bonchev–Trinajstić information content (AvgIpc) is 2.38. The summed E-state index contributed by atoms with van der Waals surface area (Å²) in [6, 6.07) is 8.81. The van der Waals surface area contributed by atoms with E-state index in [1.165, 1.54) is 6.08 Å². The summed E-state index contributed by atoms with van der Waals surface area (Å²) in [6.07, 6.45) is 2.88. The molecule has 0 radical (unpaired) electrons. The molecule has 0 atom stereocenters. The molecule has 0 aliphatic carbocycles. The summed E-state index contributed by atoms with van der Waals surface area (Å²) in [6.45, 7) is 0. The Hall–Kier alpha value is -2.23. The van der Waals surface area contributed by atoms with E-state index in [2.05, 4.69) is 0 Å². The lowest BCUT2D eigenvalue weighted by Crippen LogP contribution is -2.07. The molecule has 0 saturated carbocycles. The van der Waals surface area contributed by atoms with Crippen LogP contribution in [0.4, 0.5) is 18.9 Å². The quantitative estimate of drug-likeness (QED) is 0.754. The molecule has 4 heteroatoms. The smallest absolute Gasteiger partial charge is 0.136 e. The maximum absolute atomic E-state index is 13.4. The molecule has 0 spiro atoms. The highest BCUT2D eigenvalue weighted by atomic mass is 19.1. The van der Waals surface area contributed by atoms with Gasteiger partial charge >= 0.3 is 0 Å². The van der Waals surface area contributed by atoms with Crippen molar-refractivity contribution in [3.8, 4) is 0 Å². The number of anilines is 1. The summed E-state index contributed by atoms with van der Waals surface area (Å²) in [7, 11) is 3.85. The van der Waals surface area contributed by atoms with Gasteiger partial charge in [-0.15, -0.1) is 0 Å². The molecule has 0 N–H and O–H groups in total. The lowest BCUT2D eigenvalue weighted by molar-refractivity contribution is 0.540. The minimum absolute atomic E-state index is 0.247. The highest BCUT2D eigenvalue weighted by Gasteiger charge is 2.08. The van der Waals surface area contributed by atoms with Crippen LogP contribution in [0.2, 0.25) is 0 Å². The van der Waals surface area contributed by atoms with Crippen LogP contribution in [0.5, 0.6) is 0 Å². The maximum Gasteiger partial charge on any atom is 0.136 e. The van der Waals surface area contributed by atoms with Crippen LogP contribution in [0.15, 0.2) is 36.4 Å². The Labute approximate surface area is 116 Å². The van der Waals surface area contributed by atoms with Crippen LogP contribution in [0, 0.1) is 17.5 Å². The molecular weight excluding hydrogens is 263 g/mol. The molecular formula is C16H14F3N. The summed E-state index contributed by atoms with van der Waals surface area (Å²) < 4.78 is 39.7. The van der Waals surface area contributed by atoms with Crippen molar-refractivity contribution in [2.75, 3.05) is 19.0 Å². The standard InChI is InChI=1S/C16H14F3N/c1-20(2)13-6-3-11(4-7-13)5-8-14-15(18)9-12(17)10-16(14)19/h3-10H,1-2H3/b8-5+. The third kappa shape index (κ3) is 3.20. The van der Waals surface area contributed by atoms with Crippen molar-refractivity contribution in [1.29, 1.82) is 0 Å².